The molecule has 0 unspecified atom stereocenters. The van der Waals surface area contributed by atoms with Crippen LogP contribution in [0.1, 0.15) is 11.1 Å². The molecule has 0 atom stereocenters. The van der Waals surface area contributed by atoms with Gasteiger partial charge in [-0.05, 0) is 25.6 Å². The molecule has 3 heteroatoms. The molecule has 0 fully saturated rings. The quantitative estimate of drug-likeness (QED) is 0.793. The molecule has 0 aliphatic rings. The van der Waals surface area contributed by atoms with Gasteiger partial charge in [-0.15, -0.1) is 0 Å². The first-order valence-corrected chi connectivity index (χ1v) is 4.59. The molecule has 0 saturated carbocycles. The predicted octanol–water partition coefficient (Wildman–Crippen LogP) is 1.73. The number of hydrogen-bond donors (Lipinski definition) is 1. The van der Waals surface area contributed by atoms with Crippen LogP contribution < -0.4 is 14.8 Å². The number of benzene rings is 1. The third-order valence-electron chi connectivity index (χ3n) is 2.21. The number of hydrogen-bond acceptors (Lipinski definition) is 3. The van der Waals surface area contributed by atoms with Crippen molar-refractivity contribution in [1.29, 1.82) is 0 Å². The van der Waals surface area contributed by atoms with E-state index < -0.39 is 0 Å². The maximum Gasteiger partial charge on any atom is 0.127 e. The maximum absolute atomic E-state index is 5.30. The second-order valence-electron chi connectivity index (χ2n) is 3.16. The first-order chi connectivity index (χ1) is 6.72. The van der Waals surface area contributed by atoms with Crippen molar-refractivity contribution < 1.29 is 9.47 Å². The number of aryl methyl sites for hydroxylation is 1. The first-order valence-electron chi connectivity index (χ1n) is 4.59. The van der Waals surface area contributed by atoms with E-state index in [9.17, 15) is 0 Å². The fourth-order valence-corrected chi connectivity index (χ4v) is 1.46. The molecule has 0 spiro atoms. The van der Waals surface area contributed by atoms with Gasteiger partial charge >= 0.3 is 0 Å². The highest BCUT2D eigenvalue weighted by atomic mass is 16.5. The van der Waals surface area contributed by atoms with E-state index in [-0.39, 0.29) is 0 Å². The Hall–Kier alpha value is -1.22. The highest BCUT2D eigenvalue weighted by molar-refractivity contribution is 5.46. The Morgan fingerprint density at radius 2 is 1.93 bits per heavy atom. The van der Waals surface area contributed by atoms with Gasteiger partial charge in [0.15, 0.2) is 0 Å². The van der Waals surface area contributed by atoms with Gasteiger partial charge in [-0.25, -0.2) is 0 Å². The zero-order valence-electron chi connectivity index (χ0n) is 9.18. The number of ether oxygens (including phenoxy) is 2. The van der Waals surface area contributed by atoms with E-state index in [0.29, 0.717) is 0 Å². The highest BCUT2D eigenvalue weighted by Crippen LogP contribution is 2.27. The number of rotatable bonds is 4. The van der Waals surface area contributed by atoms with Gasteiger partial charge in [-0.1, -0.05) is 0 Å². The van der Waals surface area contributed by atoms with Gasteiger partial charge in [0.05, 0.1) is 14.2 Å². The minimum atomic E-state index is 0.805. The topological polar surface area (TPSA) is 30.5 Å². The molecule has 0 aliphatic carbocycles. The lowest BCUT2D eigenvalue weighted by Gasteiger charge is -2.13. The lowest BCUT2D eigenvalue weighted by molar-refractivity contribution is 0.389. The van der Waals surface area contributed by atoms with E-state index in [1.165, 1.54) is 11.1 Å². The summed E-state index contributed by atoms with van der Waals surface area (Å²) in [5, 5.41) is 3.12. The fraction of sp³-hybridized carbons (Fsp3) is 0.455. The van der Waals surface area contributed by atoms with Crippen molar-refractivity contribution in [2.24, 2.45) is 0 Å². The second kappa shape index (κ2) is 4.86. The van der Waals surface area contributed by atoms with E-state index in [1.807, 2.05) is 19.2 Å². The molecule has 0 bridgehead atoms. The SMILES string of the molecule is CNCc1c(C)cc(OC)cc1OC. The van der Waals surface area contributed by atoms with Gasteiger partial charge in [0.2, 0.25) is 0 Å². The highest BCUT2D eigenvalue weighted by Gasteiger charge is 2.07. The van der Waals surface area contributed by atoms with Crippen LogP contribution in [-0.2, 0) is 6.54 Å². The molecule has 3 nitrogen and oxygen atoms in total. The van der Waals surface area contributed by atoms with Crippen LogP contribution in [0.25, 0.3) is 0 Å². The van der Waals surface area contributed by atoms with Gasteiger partial charge in [-0.2, -0.15) is 0 Å². The summed E-state index contributed by atoms with van der Waals surface area (Å²) in [7, 11) is 5.25. The minimum absolute atomic E-state index is 0.805. The van der Waals surface area contributed by atoms with Gasteiger partial charge in [0.1, 0.15) is 11.5 Å². The van der Waals surface area contributed by atoms with Crippen molar-refractivity contribution in [3.05, 3.63) is 23.3 Å². The molecule has 78 valence electrons. The minimum Gasteiger partial charge on any atom is -0.497 e. The summed E-state index contributed by atoms with van der Waals surface area (Å²) in [6, 6.07) is 3.91. The van der Waals surface area contributed by atoms with E-state index >= 15 is 0 Å². The van der Waals surface area contributed by atoms with Crippen molar-refractivity contribution in [1.82, 2.24) is 5.32 Å². The molecular weight excluding hydrogens is 178 g/mol. The third kappa shape index (κ3) is 2.17. The summed E-state index contributed by atoms with van der Waals surface area (Å²) in [6.07, 6.45) is 0. The van der Waals surface area contributed by atoms with Crippen molar-refractivity contribution >= 4 is 0 Å². The van der Waals surface area contributed by atoms with Crippen LogP contribution in [0.5, 0.6) is 11.5 Å². The Bertz CT molecular complexity index is 310. The molecule has 0 amide bonds. The molecule has 14 heavy (non-hydrogen) atoms. The predicted molar refractivity (Wildman–Crippen MR) is 57.0 cm³/mol. The normalized spacial score (nSPS) is 10.0. The van der Waals surface area contributed by atoms with Crippen LogP contribution in [0.2, 0.25) is 0 Å². The molecule has 1 N–H and O–H groups in total. The maximum atomic E-state index is 5.30. The van der Waals surface area contributed by atoms with Crippen molar-refractivity contribution in [2.75, 3.05) is 21.3 Å². The Morgan fingerprint density at radius 1 is 1.21 bits per heavy atom. The fourth-order valence-electron chi connectivity index (χ4n) is 1.46. The Morgan fingerprint density at radius 3 is 2.43 bits per heavy atom. The zero-order valence-corrected chi connectivity index (χ0v) is 9.18. The van der Waals surface area contributed by atoms with Crippen LogP contribution in [0.3, 0.4) is 0 Å². The van der Waals surface area contributed by atoms with Crippen molar-refractivity contribution in [3.63, 3.8) is 0 Å². The van der Waals surface area contributed by atoms with Crippen LogP contribution in [0, 0.1) is 6.92 Å². The first kappa shape index (κ1) is 10.9. The molecular formula is C11H17NO2. The molecule has 0 aliphatic heterocycles. The van der Waals surface area contributed by atoms with Crippen molar-refractivity contribution in [3.8, 4) is 11.5 Å². The molecule has 1 aromatic carbocycles. The van der Waals surface area contributed by atoms with Crippen molar-refractivity contribution in [2.45, 2.75) is 13.5 Å². The lowest BCUT2D eigenvalue weighted by Crippen LogP contribution is -2.08. The van der Waals surface area contributed by atoms with Gasteiger partial charge < -0.3 is 14.8 Å². The van der Waals surface area contributed by atoms with Crippen LogP contribution in [0.4, 0.5) is 0 Å². The summed E-state index contributed by atoms with van der Waals surface area (Å²) in [6.45, 7) is 2.86. The molecule has 0 heterocycles. The largest absolute Gasteiger partial charge is 0.497 e. The zero-order chi connectivity index (χ0) is 10.6. The summed E-state index contributed by atoms with van der Waals surface area (Å²) in [4.78, 5) is 0. The Balaban J connectivity index is 3.13. The smallest absolute Gasteiger partial charge is 0.127 e. The summed E-state index contributed by atoms with van der Waals surface area (Å²) < 4.78 is 10.5. The average molecular weight is 195 g/mol. The monoisotopic (exact) mass is 195 g/mol. The van der Waals surface area contributed by atoms with Gasteiger partial charge in [-0.3, -0.25) is 0 Å². The summed E-state index contributed by atoms with van der Waals surface area (Å²) in [5.74, 6) is 1.70. The van der Waals surface area contributed by atoms with Crippen LogP contribution in [0.15, 0.2) is 12.1 Å². The second-order valence-corrected chi connectivity index (χ2v) is 3.16. The standard InChI is InChI=1S/C11H17NO2/c1-8-5-9(13-3)6-11(14-4)10(8)7-12-2/h5-6,12H,7H2,1-4H3. The lowest BCUT2D eigenvalue weighted by atomic mass is 10.1. The van der Waals surface area contributed by atoms with Gasteiger partial charge in [0, 0.05) is 18.2 Å². The van der Waals surface area contributed by atoms with Gasteiger partial charge in [0.25, 0.3) is 0 Å². The molecule has 0 radical (unpaired) electrons. The van der Waals surface area contributed by atoms with E-state index in [4.69, 9.17) is 9.47 Å². The van der Waals surface area contributed by atoms with Crippen LogP contribution in [-0.4, -0.2) is 21.3 Å². The summed E-state index contributed by atoms with van der Waals surface area (Å²) in [5.41, 5.74) is 2.35. The molecule has 0 aromatic heterocycles. The Labute approximate surface area is 85.0 Å². The third-order valence-corrected chi connectivity index (χ3v) is 2.21. The molecule has 1 rings (SSSR count). The summed E-state index contributed by atoms with van der Waals surface area (Å²) >= 11 is 0. The number of nitrogens with one attached hydrogen (secondary N) is 1. The molecule has 1 aromatic rings. The average Bonchev–Trinajstić information content (AvgIpc) is 2.20. The Kier molecular flexibility index (Phi) is 3.77. The van der Waals surface area contributed by atoms with E-state index in [2.05, 4.69) is 12.2 Å². The van der Waals surface area contributed by atoms with E-state index in [1.54, 1.807) is 14.2 Å². The van der Waals surface area contributed by atoms with Crippen LogP contribution >= 0.6 is 0 Å². The molecule has 0 saturated heterocycles. The van der Waals surface area contributed by atoms with E-state index in [0.717, 1.165) is 18.0 Å². The number of methoxy groups -OCH3 is 2.